The van der Waals surface area contributed by atoms with Gasteiger partial charge in [-0.1, -0.05) is 19.1 Å². The lowest BCUT2D eigenvalue weighted by molar-refractivity contribution is 0.231. The number of rotatable bonds is 6. The largest absolute Gasteiger partial charge is 0.396 e. The minimum Gasteiger partial charge on any atom is -0.396 e. The lowest BCUT2D eigenvalue weighted by atomic mass is 10.1. The van der Waals surface area contributed by atoms with E-state index in [0.717, 1.165) is 17.8 Å². The molecule has 0 amide bonds. The van der Waals surface area contributed by atoms with Gasteiger partial charge in [0.2, 0.25) is 0 Å². The first kappa shape index (κ1) is 13.6. The molecule has 0 saturated heterocycles. The van der Waals surface area contributed by atoms with Crippen molar-refractivity contribution < 1.29 is 5.11 Å². The van der Waals surface area contributed by atoms with E-state index in [1.165, 1.54) is 0 Å². The Morgan fingerprint density at radius 2 is 2.21 bits per heavy atom. The molecule has 6 nitrogen and oxygen atoms in total. The molecule has 0 saturated carbocycles. The second kappa shape index (κ2) is 6.40. The van der Waals surface area contributed by atoms with Gasteiger partial charge >= 0.3 is 0 Å². The van der Waals surface area contributed by atoms with Gasteiger partial charge in [0.1, 0.15) is 6.33 Å². The smallest absolute Gasteiger partial charge is 0.143 e. The molecule has 0 fully saturated rings. The fraction of sp³-hybridized carbons (Fsp3) is 0.462. The van der Waals surface area contributed by atoms with E-state index in [4.69, 9.17) is 5.11 Å². The van der Waals surface area contributed by atoms with Gasteiger partial charge in [0.05, 0.1) is 5.69 Å². The Bertz CT molecular complexity index is 499. The fourth-order valence-electron chi connectivity index (χ4n) is 1.78. The first-order chi connectivity index (χ1) is 9.20. The van der Waals surface area contributed by atoms with Gasteiger partial charge in [0, 0.05) is 19.2 Å². The van der Waals surface area contributed by atoms with Crippen molar-refractivity contribution in [3.63, 3.8) is 0 Å². The highest BCUT2D eigenvalue weighted by Crippen LogP contribution is 2.16. The van der Waals surface area contributed by atoms with Crippen LogP contribution in [0.15, 0.2) is 30.6 Å². The monoisotopic (exact) mass is 261 g/mol. The zero-order chi connectivity index (χ0) is 13.7. The van der Waals surface area contributed by atoms with Crippen molar-refractivity contribution in [1.29, 1.82) is 0 Å². The summed E-state index contributed by atoms with van der Waals surface area (Å²) in [5, 5.41) is 23.6. The Morgan fingerprint density at radius 1 is 1.37 bits per heavy atom. The molecule has 102 valence electrons. The molecule has 1 aromatic carbocycles. The van der Waals surface area contributed by atoms with Crippen LogP contribution in [-0.2, 0) is 0 Å². The molecule has 1 heterocycles. The standard InChI is InChI=1S/C13H19N5O/c1-10(8-19)7-14-11(2)12-4-3-5-13(6-12)18-9-15-16-17-18/h3-6,9-11,14,19H,7-8H2,1-2H3. The summed E-state index contributed by atoms with van der Waals surface area (Å²) in [5.74, 6) is 0.255. The highest BCUT2D eigenvalue weighted by molar-refractivity contribution is 5.35. The van der Waals surface area contributed by atoms with E-state index in [2.05, 4.69) is 39.9 Å². The van der Waals surface area contributed by atoms with Crippen LogP contribution in [0.4, 0.5) is 0 Å². The van der Waals surface area contributed by atoms with Crippen LogP contribution >= 0.6 is 0 Å². The van der Waals surface area contributed by atoms with Gasteiger partial charge in [-0.2, -0.15) is 0 Å². The average molecular weight is 261 g/mol. The maximum absolute atomic E-state index is 9.02. The van der Waals surface area contributed by atoms with Crippen molar-refractivity contribution in [3.05, 3.63) is 36.2 Å². The second-order valence-electron chi connectivity index (χ2n) is 4.77. The lowest BCUT2D eigenvalue weighted by Gasteiger charge is -2.17. The molecule has 6 heteroatoms. The Labute approximate surface area is 112 Å². The van der Waals surface area contributed by atoms with Crippen molar-refractivity contribution >= 4 is 0 Å². The van der Waals surface area contributed by atoms with Gasteiger partial charge in [0.15, 0.2) is 0 Å². The minimum absolute atomic E-state index is 0.199. The molecule has 0 aliphatic rings. The Hall–Kier alpha value is -1.79. The van der Waals surface area contributed by atoms with E-state index in [0.29, 0.717) is 0 Å². The van der Waals surface area contributed by atoms with E-state index in [1.807, 2.05) is 19.1 Å². The predicted molar refractivity (Wildman–Crippen MR) is 71.8 cm³/mol. The third-order valence-corrected chi connectivity index (χ3v) is 3.07. The molecular weight excluding hydrogens is 242 g/mol. The second-order valence-corrected chi connectivity index (χ2v) is 4.77. The molecule has 2 rings (SSSR count). The van der Waals surface area contributed by atoms with E-state index >= 15 is 0 Å². The van der Waals surface area contributed by atoms with Crippen LogP contribution in [0.1, 0.15) is 25.5 Å². The summed E-state index contributed by atoms with van der Waals surface area (Å²) in [6.45, 7) is 5.09. The fourth-order valence-corrected chi connectivity index (χ4v) is 1.78. The quantitative estimate of drug-likeness (QED) is 0.809. The maximum atomic E-state index is 9.02. The highest BCUT2D eigenvalue weighted by Gasteiger charge is 2.08. The average Bonchev–Trinajstić information content (AvgIpc) is 2.98. The predicted octanol–water partition coefficient (Wildman–Crippen LogP) is 0.941. The molecule has 0 aliphatic heterocycles. The summed E-state index contributed by atoms with van der Waals surface area (Å²) in [5.41, 5.74) is 2.10. The van der Waals surface area contributed by atoms with Crippen LogP contribution in [0.5, 0.6) is 0 Å². The first-order valence-electron chi connectivity index (χ1n) is 6.38. The van der Waals surface area contributed by atoms with Crippen molar-refractivity contribution in [3.8, 4) is 5.69 Å². The zero-order valence-corrected chi connectivity index (χ0v) is 11.2. The summed E-state index contributed by atoms with van der Waals surface area (Å²) in [6, 6.07) is 8.28. The van der Waals surface area contributed by atoms with Gasteiger partial charge in [-0.15, -0.1) is 5.10 Å². The number of nitrogens with zero attached hydrogens (tertiary/aromatic N) is 4. The Balaban J connectivity index is 2.06. The van der Waals surface area contributed by atoms with Crippen LogP contribution in [0.2, 0.25) is 0 Å². The van der Waals surface area contributed by atoms with E-state index in [9.17, 15) is 0 Å². The number of hydrogen-bond donors (Lipinski definition) is 2. The van der Waals surface area contributed by atoms with Crippen molar-refractivity contribution in [2.45, 2.75) is 19.9 Å². The van der Waals surface area contributed by atoms with Gasteiger partial charge in [-0.05, 0) is 41.0 Å². The number of nitrogens with one attached hydrogen (secondary N) is 1. The number of aliphatic hydroxyl groups is 1. The summed E-state index contributed by atoms with van der Waals surface area (Å²) in [4.78, 5) is 0. The van der Waals surface area contributed by atoms with Crippen molar-refractivity contribution in [2.24, 2.45) is 5.92 Å². The molecule has 0 radical (unpaired) electrons. The van der Waals surface area contributed by atoms with Crippen LogP contribution < -0.4 is 5.32 Å². The minimum atomic E-state index is 0.199. The normalized spacial score (nSPS) is 14.3. The SMILES string of the molecule is CC(CO)CNC(C)c1cccc(-n2cnnn2)c1. The molecule has 0 aliphatic carbocycles. The van der Waals surface area contributed by atoms with Crippen LogP contribution in [0.25, 0.3) is 5.69 Å². The lowest BCUT2D eigenvalue weighted by Crippen LogP contribution is -2.26. The first-order valence-corrected chi connectivity index (χ1v) is 6.38. The van der Waals surface area contributed by atoms with Crippen molar-refractivity contribution in [1.82, 2.24) is 25.5 Å². The molecule has 2 aromatic rings. The third-order valence-electron chi connectivity index (χ3n) is 3.07. The number of hydrogen-bond acceptors (Lipinski definition) is 5. The molecule has 0 spiro atoms. The molecule has 19 heavy (non-hydrogen) atoms. The summed E-state index contributed by atoms with van der Waals surface area (Å²) < 4.78 is 1.63. The topological polar surface area (TPSA) is 75.9 Å². The summed E-state index contributed by atoms with van der Waals surface area (Å²) in [6.07, 6.45) is 1.57. The third kappa shape index (κ3) is 3.59. The molecule has 2 N–H and O–H groups in total. The Morgan fingerprint density at radius 3 is 2.89 bits per heavy atom. The number of tetrazole rings is 1. The van der Waals surface area contributed by atoms with Crippen LogP contribution in [-0.4, -0.2) is 38.5 Å². The van der Waals surface area contributed by atoms with E-state index < -0.39 is 0 Å². The number of benzene rings is 1. The Kier molecular flexibility index (Phi) is 4.59. The van der Waals surface area contributed by atoms with Crippen LogP contribution in [0, 0.1) is 5.92 Å². The van der Waals surface area contributed by atoms with E-state index in [-0.39, 0.29) is 18.6 Å². The van der Waals surface area contributed by atoms with Crippen molar-refractivity contribution in [2.75, 3.05) is 13.2 Å². The van der Waals surface area contributed by atoms with Gasteiger partial charge < -0.3 is 10.4 Å². The van der Waals surface area contributed by atoms with Gasteiger partial charge in [-0.25, -0.2) is 4.68 Å². The maximum Gasteiger partial charge on any atom is 0.143 e. The van der Waals surface area contributed by atoms with Crippen LogP contribution in [0.3, 0.4) is 0 Å². The number of aliphatic hydroxyl groups excluding tert-OH is 1. The number of aromatic nitrogens is 4. The van der Waals surface area contributed by atoms with E-state index in [1.54, 1.807) is 11.0 Å². The molecule has 1 aromatic heterocycles. The molecule has 2 atom stereocenters. The summed E-state index contributed by atoms with van der Waals surface area (Å²) >= 11 is 0. The molecular formula is C13H19N5O. The zero-order valence-electron chi connectivity index (χ0n) is 11.2. The van der Waals surface area contributed by atoms with Gasteiger partial charge in [-0.3, -0.25) is 0 Å². The summed E-state index contributed by atoms with van der Waals surface area (Å²) in [7, 11) is 0. The molecule has 2 unspecified atom stereocenters. The molecule has 0 bridgehead atoms. The van der Waals surface area contributed by atoms with Gasteiger partial charge in [0.25, 0.3) is 0 Å². The highest BCUT2D eigenvalue weighted by atomic mass is 16.3.